The number of carbonyl (C=O) groups excluding carboxylic acids is 2. The van der Waals surface area contributed by atoms with E-state index in [4.69, 9.17) is 4.74 Å². The average Bonchev–Trinajstić information content (AvgIpc) is 3.17. The molecule has 2 aromatic carbocycles. The molecule has 3 heterocycles. The Morgan fingerprint density at radius 1 is 1.17 bits per heavy atom. The van der Waals surface area contributed by atoms with Crippen molar-refractivity contribution in [2.24, 2.45) is 0 Å². The van der Waals surface area contributed by atoms with E-state index >= 15 is 0 Å². The molecular weight excluding hydrogens is 460 g/mol. The summed E-state index contributed by atoms with van der Waals surface area (Å²) < 4.78 is 34.4. The Balaban J connectivity index is 1.42. The Hall–Kier alpha value is -4.05. The fourth-order valence-corrected chi connectivity index (χ4v) is 4.61. The van der Waals surface area contributed by atoms with Crippen molar-refractivity contribution in [3.05, 3.63) is 99.0 Å². The van der Waals surface area contributed by atoms with Crippen molar-refractivity contribution in [3.63, 3.8) is 0 Å². The fraction of sp³-hybridized carbons (Fsp3) is 0.240. The second-order valence-electron chi connectivity index (χ2n) is 8.51. The van der Waals surface area contributed by atoms with Gasteiger partial charge in [0.2, 0.25) is 5.43 Å². The minimum absolute atomic E-state index is 0.0214. The lowest BCUT2D eigenvalue weighted by Crippen LogP contribution is -2.49. The fourth-order valence-electron chi connectivity index (χ4n) is 4.61. The van der Waals surface area contributed by atoms with Crippen molar-refractivity contribution in [1.82, 2.24) is 14.8 Å². The molecule has 2 N–H and O–H groups in total. The van der Waals surface area contributed by atoms with Gasteiger partial charge in [-0.3, -0.25) is 14.4 Å². The summed E-state index contributed by atoms with van der Waals surface area (Å²) in [6, 6.07) is 11.9. The predicted octanol–water partition coefficient (Wildman–Crippen LogP) is 2.70. The quantitative estimate of drug-likeness (QED) is 0.597. The van der Waals surface area contributed by atoms with Gasteiger partial charge in [0.25, 0.3) is 11.8 Å². The summed E-state index contributed by atoms with van der Waals surface area (Å²) in [5, 5.41) is 13.0. The molecule has 0 aliphatic carbocycles. The number of aromatic nitrogens is 1. The second kappa shape index (κ2) is 8.62. The smallest absolute Gasteiger partial charge is 0.276 e. The first-order valence-electron chi connectivity index (χ1n) is 11.0. The number of rotatable bonds is 4. The van der Waals surface area contributed by atoms with E-state index in [1.807, 2.05) is 37.3 Å². The largest absolute Gasteiger partial charge is 0.503 e. The number of nitrogens with zero attached hydrogens (tertiary/aromatic N) is 2. The molecule has 0 spiro atoms. The SMILES string of the molecule is C[C@@H]1[C@H](c2ccccc2)OC2Cn3cc(C(=O)NCc4ccc(F)cc4F)c(=O)c(O)c3C(=O)N21. The number of ether oxygens (including phenoxy) is 1. The Labute approximate surface area is 198 Å². The maximum atomic E-state index is 13.9. The monoisotopic (exact) mass is 481 g/mol. The molecule has 8 nitrogen and oxygen atoms in total. The number of aromatic hydroxyl groups is 1. The van der Waals surface area contributed by atoms with Crippen LogP contribution in [0.1, 0.15) is 45.0 Å². The molecule has 5 rings (SSSR count). The summed E-state index contributed by atoms with van der Waals surface area (Å²) in [5.41, 5.74) is -0.754. The molecule has 3 atom stereocenters. The molecule has 180 valence electrons. The molecule has 1 fully saturated rings. The summed E-state index contributed by atoms with van der Waals surface area (Å²) in [6.07, 6.45) is 0.121. The van der Waals surface area contributed by atoms with Gasteiger partial charge in [-0.1, -0.05) is 36.4 Å². The topological polar surface area (TPSA) is 101 Å². The standard InChI is InChI=1S/C25H21F2N3O5/c1-13-23(14-5-3-2-4-6-14)35-19-12-29-11-17(21(31)22(32)20(29)25(34)30(13)19)24(33)28-10-15-7-8-16(26)9-18(15)27/h2-9,11,13,19,23,32H,10,12H2,1H3,(H,28,33)/t13-,19?,23-/m1/s1. The van der Waals surface area contributed by atoms with Gasteiger partial charge >= 0.3 is 0 Å². The van der Waals surface area contributed by atoms with Crippen LogP contribution in [-0.4, -0.2) is 38.7 Å². The molecule has 2 aliphatic heterocycles. The molecule has 1 aromatic heterocycles. The van der Waals surface area contributed by atoms with E-state index in [0.717, 1.165) is 11.6 Å². The van der Waals surface area contributed by atoms with Gasteiger partial charge in [-0.25, -0.2) is 8.78 Å². The number of halogens is 2. The average molecular weight is 481 g/mol. The molecule has 3 aromatic rings. The highest BCUT2D eigenvalue weighted by Crippen LogP contribution is 2.39. The van der Waals surface area contributed by atoms with Gasteiger partial charge in [0.1, 0.15) is 23.3 Å². The van der Waals surface area contributed by atoms with Gasteiger partial charge in [0.15, 0.2) is 17.7 Å². The first-order valence-corrected chi connectivity index (χ1v) is 11.0. The van der Waals surface area contributed by atoms with Crippen LogP contribution in [0.3, 0.4) is 0 Å². The highest BCUT2D eigenvalue weighted by molar-refractivity contribution is 5.99. The van der Waals surface area contributed by atoms with Crippen LogP contribution in [0.5, 0.6) is 5.75 Å². The Morgan fingerprint density at radius 3 is 2.63 bits per heavy atom. The normalized spacial score (nSPS) is 20.9. The van der Waals surface area contributed by atoms with Crippen molar-refractivity contribution < 1.29 is 28.2 Å². The van der Waals surface area contributed by atoms with Crippen LogP contribution in [-0.2, 0) is 17.8 Å². The van der Waals surface area contributed by atoms with Crippen molar-refractivity contribution in [1.29, 1.82) is 0 Å². The lowest BCUT2D eigenvalue weighted by molar-refractivity contribution is -0.0154. The van der Waals surface area contributed by atoms with Gasteiger partial charge in [-0.2, -0.15) is 0 Å². The van der Waals surface area contributed by atoms with Crippen molar-refractivity contribution in [2.45, 2.75) is 38.4 Å². The first kappa shape index (κ1) is 22.7. The number of hydrogen-bond acceptors (Lipinski definition) is 5. The number of benzene rings is 2. The summed E-state index contributed by atoms with van der Waals surface area (Å²) in [5.74, 6) is -3.90. The van der Waals surface area contributed by atoms with E-state index in [0.29, 0.717) is 6.07 Å². The third-order valence-electron chi connectivity index (χ3n) is 6.36. The van der Waals surface area contributed by atoms with E-state index in [1.165, 1.54) is 21.7 Å². The Morgan fingerprint density at radius 2 is 1.91 bits per heavy atom. The third kappa shape index (κ3) is 3.85. The lowest BCUT2D eigenvalue weighted by atomic mass is 10.0. The highest BCUT2D eigenvalue weighted by atomic mass is 19.1. The third-order valence-corrected chi connectivity index (χ3v) is 6.36. The lowest BCUT2D eigenvalue weighted by Gasteiger charge is -2.33. The molecule has 0 saturated carbocycles. The summed E-state index contributed by atoms with van der Waals surface area (Å²) in [7, 11) is 0. The van der Waals surface area contributed by atoms with Gasteiger partial charge in [-0.15, -0.1) is 0 Å². The van der Waals surface area contributed by atoms with Crippen LogP contribution >= 0.6 is 0 Å². The number of pyridine rings is 1. The second-order valence-corrected chi connectivity index (χ2v) is 8.51. The molecular formula is C25H21F2N3O5. The molecule has 0 bridgehead atoms. The van der Waals surface area contributed by atoms with E-state index in [-0.39, 0.29) is 30.4 Å². The van der Waals surface area contributed by atoms with Crippen LogP contribution in [0.4, 0.5) is 8.78 Å². The molecule has 10 heteroatoms. The van der Waals surface area contributed by atoms with Crippen molar-refractivity contribution in [3.8, 4) is 5.75 Å². The number of nitrogens with one attached hydrogen (secondary N) is 1. The van der Waals surface area contributed by atoms with Gasteiger partial charge < -0.3 is 24.6 Å². The maximum Gasteiger partial charge on any atom is 0.276 e. The van der Waals surface area contributed by atoms with Crippen LogP contribution in [0.25, 0.3) is 0 Å². The van der Waals surface area contributed by atoms with E-state index < -0.39 is 52.5 Å². The zero-order valence-corrected chi connectivity index (χ0v) is 18.6. The number of amides is 2. The molecule has 2 aliphatic rings. The summed E-state index contributed by atoms with van der Waals surface area (Å²) >= 11 is 0. The molecule has 2 amide bonds. The number of carbonyl (C=O) groups is 2. The maximum absolute atomic E-state index is 13.9. The van der Waals surface area contributed by atoms with Crippen LogP contribution in [0, 0.1) is 11.6 Å². The summed E-state index contributed by atoms with van der Waals surface area (Å²) in [6.45, 7) is 1.62. The van der Waals surface area contributed by atoms with Crippen molar-refractivity contribution in [2.75, 3.05) is 0 Å². The summed E-state index contributed by atoms with van der Waals surface area (Å²) in [4.78, 5) is 40.2. The number of hydrogen-bond donors (Lipinski definition) is 2. The highest BCUT2D eigenvalue weighted by Gasteiger charge is 2.47. The molecule has 35 heavy (non-hydrogen) atoms. The minimum atomic E-state index is -1.02. The Kier molecular flexibility index (Phi) is 5.60. The van der Waals surface area contributed by atoms with Crippen LogP contribution in [0.15, 0.2) is 59.5 Å². The zero-order valence-electron chi connectivity index (χ0n) is 18.6. The van der Waals surface area contributed by atoms with E-state index in [9.17, 15) is 28.3 Å². The Bertz CT molecular complexity index is 1390. The zero-order chi connectivity index (χ0) is 24.9. The molecule has 0 radical (unpaired) electrons. The molecule has 1 unspecified atom stereocenters. The van der Waals surface area contributed by atoms with Crippen molar-refractivity contribution >= 4 is 11.8 Å². The first-order chi connectivity index (χ1) is 16.8. The minimum Gasteiger partial charge on any atom is -0.503 e. The number of fused-ring (bicyclic) bond motifs is 2. The van der Waals surface area contributed by atoms with Gasteiger partial charge in [0.05, 0.1) is 12.6 Å². The van der Waals surface area contributed by atoms with E-state index in [2.05, 4.69) is 5.32 Å². The molecule has 1 saturated heterocycles. The predicted molar refractivity (Wildman–Crippen MR) is 120 cm³/mol. The van der Waals surface area contributed by atoms with E-state index in [1.54, 1.807) is 0 Å². The van der Waals surface area contributed by atoms with Crippen LogP contribution in [0.2, 0.25) is 0 Å². The van der Waals surface area contributed by atoms with Crippen LogP contribution < -0.4 is 10.7 Å². The van der Waals surface area contributed by atoms with Gasteiger partial charge in [-0.05, 0) is 18.6 Å². The van der Waals surface area contributed by atoms with Gasteiger partial charge in [0, 0.05) is 24.4 Å².